The summed E-state index contributed by atoms with van der Waals surface area (Å²) in [6, 6.07) is 10.4. The van der Waals surface area contributed by atoms with Crippen LogP contribution >= 0.6 is 0 Å². The van der Waals surface area contributed by atoms with E-state index in [1.807, 2.05) is 18.2 Å². The van der Waals surface area contributed by atoms with Crippen molar-refractivity contribution >= 4 is 20.9 Å². The van der Waals surface area contributed by atoms with Crippen LogP contribution in [0.5, 0.6) is 0 Å². The monoisotopic (exact) mass is 302 g/mol. The average molecular weight is 302 g/mol. The maximum atomic E-state index is 10.9. The van der Waals surface area contributed by atoms with Gasteiger partial charge in [-0.25, -0.2) is 8.42 Å². The summed E-state index contributed by atoms with van der Waals surface area (Å²) in [5.41, 5.74) is 1.24. The Kier molecular flexibility index (Phi) is 6.66. The molecule has 5 heteroatoms. The van der Waals surface area contributed by atoms with Gasteiger partial charge in [-0.05, 0) is 41.3 Å². The van der Waals surface area contributed by atoms with Gasteiger partial charge in [-0.3, -0.25) is 0 Å². The molecule has 2 rings (SSSR count). The van der Waals surface area contributed by atoms with Crippen LogP contribution in [0.2, 0.25) is 0 Å². The first kappa shape index (κ1) is 17.3. The van der Waals surface area contributed by atoms with Crippen LogP contribution in [0.4, 0.5) is 0 Å². The Morgan fingerprint density at radius 2 is 1.68 bits per heavy atom. The van der Waals surface area contributed by atoms with Crippen molar-refractivity contribution < 1.29 is 64.4 Å². The second-order valence-electron chi connectivity index (χ2n) is 4.40. The van der Waals surface area contributed by atoms with Crippen LogP contribution in [-0.2, 0) is 16.5 Å². The molecule has 0 bridgehead atoms. The Bertz CT molecular complexity index is 665. The van der Waals surface area contributed by atoms with Crippen LogP contribution in [0.3, 0.4) is 0 Å². The molecule has 0 saturated heterocycles. The first-order valence-corrected chi connectivity index (χ1v) is 7.40. The second kappa shape index (κ2) is 7.31. The van der Waals surface area contributed by atoms with Gasteiger partial charge in [0.1, 0.15) is 10.1 Å². The third-order valence-electron chi connectivity index (χ3n) is 2.98. The molecule has 0 aliphatic carbocycles. The minimum absolute atomic E-state index is 0. The molecule has 0 atom stereocenters. The Labute approximate surface area is 156 Å². The van der Waals surface area contributed by atoms with Gasteiger partial charge in [-0.1, -0.05) is 37.6 Å². The summed E-state index contributed by atoms with van der Waals surface area (Å²) in [6.07, 6.45) is 3.30. The zero-order chi connectivity index (χ0) is 13.2. The molecule has 2 aromatic carbocycles. The summed E-state index contributed by atoms with van der Waals surface area (Å²) in [4.78, 5) is -0.170. The molecule has 0 amide bonds. The number of hydrogen-bond donors (Lipinski definition) is 0. The van der Waals surface area contributed by atoms with Crippen LogP contribution in [0.1, 0.15) is 25.3 Å². The van der Waals surface area contributed by atoms with E-state index in [9.17, 15) is 13.0 Å². The van der Waals surface area contributed by atoms with E-state index in [4.69, 9.17) is 0 Å². The van der Waals surface area contributed by atoms with Crippen LogP contribution in [-0.4, -0.2) is 13.0 Å². The summed E-state index contributed by atoms with van der Waals surface area (Å²) >= 11 is 0. The van der Waals surface area contributed by atoms with Crippen LogP contribution in [0.25, 0.3) is 10.8 Å². The van der Waals surface area contributed by atoms with Gasteiger partial charge in [-0.2, -0.15) is 0 Å². The van der Waals surface area contributed by atoms with E-state index in [0.29, 0.717) is 0 Å². The quantitative estimate of drug-likeness (QED) is 0.594. The van der Waals surface area contributed by atoms with E-state index in [1.54, 1.807) is 6.07 Å². The SMILES string of the molecule is CCCCc1ccc2cc(S(=O)(=O)[O-])ccc2c1.[K+]. The molecule has 0 N–H and O–H groups in total. The predicted octanol–water partition coefficient (Wildman–Crippen LogP) is 0.0905. The van der Waals surface area contributed by atoms with Crippen LogP contribution in [0.15, 0.2) is 41.3 Å². The van der Waals surface area contributed by atoms with Gasteiger partial charge >= 0.3 is 51.4 Å². The van der Waals surface area contributed by atoms with Crippen molar-refractivity contribution in [3.63, 3.8) is 0 Å². The van der Waals surface area contributed by atoms with Crippen molar-refractivity contribution in [2.45, 2.75) is 31.1 Å². The molecule has 0 fully saturated rings. The maximum Gasteiger partial charge on any atom is 1.00 e. The number of hydrogen-bond acceptors (Lipinski definition) is 3. The van der Waals surface area contributed by atoms with Gasteiger partial charge < -0.3 is 4.55 Å². The molecule has 0 saturated carbocycles. The van der Waals surface area contributed by atoms with Gasteiger partial charge in [0.25, 0.3) is 0 Å². The third-order valence-corrected chi connectivity index (χ3v) is 3.82. The smallest absolute Gasteiger partial charge is 0.744 e. The van der Waals surface area contributed by atoms with E-state index >= 15 is 0 Å². The Hall–Kier alpha value is 0.246. The molecule has 0 aromatic heterocycles. The van der Waals surface area contributed by atoms with Gasteiger partial charge in [0, 0.05) is 0 Å². The van der Waals surface area contributed by atoms with Gasteiger partial charge in [-0.15, -0.1) is 0 Å². The molecule has 0 aliphatic heterocycles. The number of benzene rings is 2. The standard InChI is InChI=1S/C14H16O3S.K/c1-2-3-4-11-5-6-13-10-14(18(15,16)17)8-7-12(13)9-11;/h5-10H,2-4H2,1H3,(H,15,16,17);/q;+1/p-1. The third kappa shape index (κ3) is 4.63. The Balaban J connectivity index is 0.00000180. The Morgan fingerprint density at radius 3 is 2.32 bits per heavy atom. The summed E-state index contributed by atoms with van der Waals surface area (Å²) in [6.45, 7) is 2.15. The minimum atomic E-state index is -4.37. The predicted molar refractivity (Wildman–Crippen MR) is 70.5 cm³/mol. The number of rotatable bonds is 4. The van der Waals surface area contributed by atoms with E-state index in [1.165, 1.54) is 17.7 Å². The minimum Gasteiger partial charge on any atom is -0.744 e. The number of fused-ring (bicyclic) bond motifs is 1. The molecule has 0 spiro atoms. The van der Waals surface area contributed by atoms with E-state index < -0.39 is 10.1 Å². The van der Waals surface area contributed by atoms with E-state index in [0.717, 1.165) is 30.0 Å². The zero-order valence-corrected chi connectivity index (χ0v) is 15.2. The first-order valence-electron chi connectivity index (χ1n) is 5.99. The maximum absolute atomic E-state index is 10.9. The number of aryl methyl sites for hydroxylation is 1. The summed E-state index contributed by atoms with van der Waals surface area (Å²) in [5, 5.41) is 1.75. The van der Waals surface area contributed by atoms with Crippen LogP contribution in [0, 0.1) is 0 Å². The van der Waals surface area contributed by atoms with Crippen molar-refractivity contribution in [3.05, 3.63) is 42.0 Å². The van der Waals surface area contributed by atoms with Crippen molar-refractivity contribution in [2.24, 2.45) is 0 Å². The molecule has 2 aromatic rings. The van der Waals surface area contributed by atoms with Gasteiger partial charge in [0.15, 0.2) is 0 Å². The van der Waals surface area contributed by atoms with Gasteiger partial charge in [0.2, 0.25) is 0 Å². The van der Waals surface area contributed by atoms with Gasteiger partial charge in [0.05, 0.1) is 4.90 Å². The fourth-order valence-corrected chi connectivity index (χ4v) is 2.47. The first-order chi connectivity index (χ1) is 8.50. The van der Waals surface area contributed by atoms with Crippen LogP contribution < -0.4 is 51.4 Å². The fourth-order valence-electron chi connectivity index (χ4n) is 1.97. The summed E-state index contributed by atoms with van der Waals surface area (Å²) in [7, 11) is -4.37. The summed E-state index contributed by atoms with van der Waals surface area (Å²) in [5.74, 6) is 0. The molecular formula is C14H15KO3S. The van der Waals surface area contributed by atoms with Crippen molar-refractivity contribution in [1.82, 2.24) is 0 Å². The second-order valence-corrected chi connectivity index (χ2v) is 5.78. The topological polar surface area (TPSA) is 57.2 Å². The fraction of sp³-hybridized carbons (Fsp3) is 0.286. The molecule has 0 radical (unpaired) electrons. The largest absolute Gasteiger partial charge is 1.00 e. The van der Waals surface area contributed by atoms with Crippen molar-refractivity contribution in [3.8, 4) is 0 Å². The van der Waals surface area contributed by atoms with E-state index in [-0.39, 0.29) is 56.3 Å². The molecule has 0 unspecified atom stereocenters. The normalized spacial score (nSPS) is 11.3. The van der Waals surface area contributed by atoms with Crippen molar-refractivity contribution in [2.75, 3.05) is 0 Å². The average Bonchev–Trinajstić information content (AvgIpc) is 2.34. The Morgan fingerprint density at radius 1 is 1.05 bits per heavy atom. The van der Waals surface area contributed by atoms with E-state index in [2.05, 4.69) is 6.92 Å². The molecule has 0 aliphatic rings. The zero-order valence-electron chi connectivity index (χ0n) is 11.2. The molecular weight excluding hydrogens is 287 g/mol. The van der Waals surface area contributed by atoms with Crippen molar-refractivity contribution in [1.29, 1.82) is 0 Å². The molecule has 0 heterocycles. The molecule has 3 nitrogen and oxygen atoms in total. The molecule has 96 valence electrons. The summed E-state index contributed by atoms with van der Waals surface area (Å²) < 4.78 is 32.8. The molecule has 19 heavy (non-hydrogen) atoms. The number of unbranched alkanes of at least 4 members (excludes halogenated alkanes) is 1.